The number of rotatable bonds is 6. The second-order valence-electron chi connectivity index (χ2n) is 4.26. The second-order valence-corrected chi connectivity index (χ2v) is 4.26. The predicted octanol–water partition coefficient (Wildman–Crippen LogP) is -0.224. The summed E-state index contributed by atoms with van der Waals surface area (Å²) in [6.45, 7) is 0.257. The number of aromatic amines is 1. The van der Waals surface area contributed by atoms with E-state index in [0.29, 0.717) is 12.2 Å². The molecule has 7 nitrogen and oxygen atoms in total. The molecule has 0 aliphatic heterocycles. The lowest BCUT2D eigenvalue weighted by molar-refractivity contribution is -0.121. The number of nitrogens with one attached hydrogen (secondary N) is 2. The van der Waals surface area contributed by atoms with E-state index in [2.05, 4.69) is 25.9 Å². The first-order chi connectivity index (χ1) is 9.24. The van der Waals surface area contributed by atoms with Crippen molar-refractivity contribution < 1.29 is 4.79 Å². The molecule has 0 radical (unpaired) electrons. The molecule has 1 aromatic carbocycles. The number of nitrogens with zero attached hydrogens (tertiary/aromatic N) is 3. The molecule has 2 aromatic rings. The Morgan fingerprint density at radius 3 is 2.84 bits per heavy atom. The van der Waals surface area contributed by atoms with Gasteiger partial charge < -0.3 is 11.1 Å². The van der Waals surface area contributed by atoms with Gasteiger partial charge in [0.15, 0.2) is 5.82 Å². The summed E-state index contributed by atoms with van der Waals surface area (Å²) >= 11 is 0. The Labute approximate surface area is 110 Å². The Kier molecular flexibility index (Phi) is 4.57. The number of hydrogen-bond acceptors (Lipinski definition) is 5. The van der Waals surface area contributed by atoms with E-state index in [4.69, 9.17) is 5.73 Å². The van der Waals surface area contributed by atoms with Gasteiger partial charge in [0.05, 0.1) is 6.54 Å². The minimum atomic E-state index is -0.201. The maximum absolute atomic E-state index is 11.7. The number of tetrazole rings is 1. The molecule has 19 heavy (non-hydrogen) atoms. The van der Waals surface area contributed by atoms with Gasteiger partial charge in [0.25, 0.3) is 0 Å². The highest BCUT2D eigenvalue weighted by molar-refractivity contribution is 5.76. The van der Waals surface area contributed by atoms with Gasteiger partial charge in [-0.15, -0.1) is 10.2 Å². The predicted molar refractivity (Wildman–Crippen MR) is 68.8 cm³/mol. The zero-order valence-corrected chi connectivity index (χ0v) is 10.4. The van der Waals surface area contributed by atoms with Crippen molar-refractivity contribution in [2.45, 2.75) is 25.4 Å². The molecule has 0 saturated heterocycles. The van der Waals surface area contributed by atoms with Crippen LogP contribution in [0.4, 0.5) is 0 Å². The number of hydrogen-bond donors (Lipinski definition) is 3. The third-order valence-electron chi connectivity index (χ3n) is 2.62. The number of amides is 1. The standard InChI is InChI=1S/C12H16N6O/c13-10(6-9-4-2-1-3-5-9)7-12(19)14-8-11-15-17-18-16-11/h1-5,10H,6-8,13H2,(H,14,19)(H,15,16,17,18)/t10-/m1/s1. The van der Waals surface area contributed by atoms with E-state index >= 15 is 0 Å². The summed E-state index contributed by atoms with van der Waals surface area (Å²) in [6, 6.07) is 9.66. The van der Waals surface area contributed by atoms with E-state index in [-0.39, 0.29) is 24.9 Å². The number of H-pyrrole nitrogens is 1. The summed E-state index contributed by atoms with van der Waals surface area (Å²) in [6.07, 6.45) is 0.948. The Hall–Kier alpha value is -2.28. The highest BCUT2D eigenvalue weighted by Gasteiger charge is 2.10. The van der Waals surface area contributed by atoms with Crippen LogP contribution in [0, 0.1) is 0 Å². The quantitative estimate of drug-likeness (QED) is 0.665. The molecule has 0 aliphatic rings. The van der Waals surface area contributed by atoms with E-state index in [1.54, 1.807) is 0 Å². The van der Waals surface area contributed by atoms with Gasteiger partial charge in [-0.25, -0.2) is 0 Å². The van der Waals surface area contributed by atoms with Gasteiger partial charge in [0, 0.05) is 12.5 Å². The summed E-state index contributed by atoms with van der Waals surface area (Å²) in [5.74, 6) is 0.332. The molecule has 0 unspecified atom stereocenters. The molecule has 4 N–H and O–H groups in total. The fourth-order valence-corrected chi connectivity index (χ4v) is 1.73. The van der Waals surface area contributed by atoms with E-state index in [0.717, 1.165) is 5.56 Å². The summed E-state index contributed by atoms with van der Waals surface area (Å²) in [7, 11) is 0. The summed E-state index contributed by atoms with van der Waals surface area (Å²) in [4.78, 5) is 11.7. The average molecular weight is 260 g/mol. The SMILES string of the molecule is N[C@@H](CC(=O)NCc1nn[nH]n1)Cc1ccccc1. The Bertz CT molecular complexity index is 498. The maximum Gasteiger partial charge on any atom is 0.221 e. The molecule has 1 heterocycles. The zero-order chi connectivity index (χ0) is 13.5. The number of carbonyl (C=O) groups is 1. The van der Waals surface area contributed by atoms with E-state index in [1.165, 1.54) is 0 Å². The molecule has 1 amide bonds. The van der Waals surface area contributed by atoms with Crippen LogP contribution in [0.2, 0.25) is 0 Å². The molecule has 0 spiro atoms. The van der Waals surface area contributed by atoms with Gasteiger partial charge in [-0.05, 0) is 12.0 Å². The largest absolute Gasteiger partial charge is 0.349 e. The molecular formula is C12H16N6O. The molecule has 1 atom stereocenters. The Morgan fingerprint density at radius 1 is 1.37 bits per heavy atom. The molecule has 7 heteroatoms. The summed E-state index contributed by atoms with van der Waals surface area (Å²) in [5.41, 5.74) is 7.07. The number of benzene rings is 1. The van der Waals surface area contributed by atoms with Crippen LogP contribution in [0.15, 0.2) is 30.3 Å². The molecule has 0 aliphatic carbocycles. The number of carbonyl (C=O) groups excluding carboxylic acids is 1. The topological polar surface area (TPSA) is 110 Å². The average Bonchev–Trinajstić information content (AvgIpc) is 2.90. The van der Waals surface area contributed by atoms with Crippen LogP contribution in [-0.4, -0.2) is 32.6 Å². The maximum atomic E-state index is 11.7. The van der Waals surface area contributed by atoms with Crippen molar-refractivity contribution in [2.75, 3.05) is 0 Å². The highest BCUT2D eigenvalue weighted by Crippen LogP contribution is 2.04. The van der Waals surface area contributed by atoms with Gasteiger partial charge in [0.1, 0.15) is 0 Å². The lowest BCUT2D eigenvalue weighted by atomic mass is 10.0. The number of aromatic nitrogens is 4. The highest BCUT2D eigenvalue weighted by atomic mass is 16.1. The third kappa shape index (κ3) is 4.47. The smallest absolute Gasteiger partial charge is 0.221 e. The lowest BCUT2D eigenvalue weighted by Crippen LogP contribution is -2.33. The van der Waals surface area contributed by atoms with Crippen LogP contribution in [-0.2, 0) is 17.8 Å². The van der Waals surface area contributed by atoms with Gasteiger partial charge in [-0.3, -0.25) is 4.79 Å². The molecule has 0 bridgehead atoms. The van der Waals surface area contributed by atoms with E-state index < -0.39 is 0 Å². The second kappa shape index (κ2) is 6.60. The Morgan fingerprint density at radius 2 is 2.16 bits per heavy atom. The summed E-state index contributed by atoms with van der Waals surface area (Å²) < 4.78 is 0. The van der Waals surface area contributed by atoms with Gasteiger partial charge >= 0.3 is 0 Å². The molecular weight excluding hydrogens is 244 g/mol. The normalized spacial score (nSPS) is 12.1. The zero-order valence-electron chi connectivity index (χ0n) is 10.4. The van der Waals surface area contributed by atoms with E-state index in [9.17, 15) is 4.79 Å². The fourth-order valence-electron chi connectivity index (χ4n) is 1.73. The molecule has 100 valence electrons. The summed E-state index contributed by atoms with van der Waals surface area (Å²) in [5, 5.41) is 15.9. The van der Waals surface area contributed by atoms with Crippen molar-refractivity contribution in [1.82, 2.24) is 25.9 Å². The third-order valence-corrected chi connectivity index (χ3v) is 2.62. The van der Waals surface area contributed by atoms with Crippen LogP contribution < -0.4 is 11.1 Å². The minimum Gasteiger partial charge on any atom is -0.349 e. The van der Waals surface area contributed by atoms with Crippen molar-refractivity contribution in [3.05, 3.63) is 41.7 Å². The van der Waals surface area contributed by atoms with Crippen molar-refractivity contribution in [2.24, 2.45) is 5.73 Å². The van der Waals surface area contributed by atoms with Crippen molar-refractivity contribution in [3.63, 3.8) is 0 Å². The van der Waals surface area contributed by atoms with Crippen LogP contribution in [0.25, 0.3) is 0 Å². The molecule has 1 aromatic heterocycles. The first kappa shape index (κ1) is 13.2. The number of nitrogens with two attached hydrogens (primary N) is 1. The molecule has 2 rings (SSSR count). The lowest BCUT2D eigenvalue weighted by Gasteiger charge is -2.11. The first-order valence-corrected chi connectivity index (χ1v) is 6.02. The fraction of sp³-hybridized carbons (Fsp3) is 0.333. The van der Waals surface area contributed by atoms with Crippen LogP contribution in [0.1, 0.15) is 17.8 Å². The van der Waals surface area contributed by atoms with Crippen LogP contribution >= 0.6 is 0 Å². The van der Waals surface area contributed by atoms with Crippen LogP contribution in [0.3, 0.4) is 0 Å². The van der Waals surface area contributed by atoms with Gasteiger partial charge in [0.2, 0.25) is 5.91 Å². The van der Waals surface area contributed by atoms with Gasteiger partial charge in [-0.2, -0.15) is 5.21 Å². The van der Waals surface area contributed by atoms with Gasteiger partial charge in [-0.1, -0.05) is 35.5 Å². The van der Waals surface area contributed by atoms with Crippen molar-refractivity contribution in [3.8, 4) is 0 Å². The van der Waals surface area contributed by atoms with Crippen LogP contribution in [0.5, 0.6) is 0 Å². The van der Waals surface area contributed by atoms with Crippen molar-refractivity contribution in [1.29, 1.82) is 0 Å². The molecule has 0 saturated carbocycles. The Balaban J connectivity index is 1.72. The monoisotopic (exact) mass is 260 g/mol. The first-order valence-electron chi connectivity index (χ1n) is 6.02. The van der Waals surface area contributed by atoms with Crippen molar-refractivity contribution >= 4 is 5.91 Å². The van der Waals surface area contributed by atoms with E-state index in [1.807, 2.05) is 30.3 Å². The molecule has 0 fully saturated rings. The minimum absolute atomic E-state index is 0.117.